The van der Waals surface area contributed by atoms with E-state index in [0.717, 1.165) is 18.9 Å². The third-order valence-corrected chi connectivity index (χ3v) is 3.15. The maximum absolute atomic E-state index is 10.9. The maximum atomic E-state index is 10.9. The van der Waals surface area contributed by atoms with Crippen LogP contribution in [0.1, 0.15) is 25.3 Å². The third-order valence-electron chi connectivity index (χ3n) is 3.15. The van der Waals surface area contributed by atoms with Gasteiger partial charge in [0.25, 0.3) is 11.4 Å². The lowest BCUT2D eigenvalue weighted by molar-refractivity contribution is -0.394. The monoisotopic (exact) mass is 297 g/mol. The lowest BCUT2D eigenvalue weighted by Gasteiger charge is -2.08. The number of nitro groups is 2. The molecule has 0 fully saturated rings. The highest BCUT2D eigenvalue weighted by Crippen LogP contribution is 2.24. The van der Waals surface area contributed by atoms with E-state index in [-0.39, 0.29) is 30.4 Å². The third kappa shape index (κ3) is 5.44. The molecule has 1 aromatic rings. The van der Waals surface area contributed by atoms with Crippen LogP contribution in [0.3, 0.4) is 0 Å². The first-order chi connectivity index (χ1) is 9.95. The first-order valence-corrected chi connectivity index (χ1v) is 6.69. The molecule has 0 aliphatic carbocycles. The fraction of sp³-hybridized carbons (Fsp3) is 0.538. The Balaban J connectivity index is 2.58. The molecular weight excluding hydrogens is 278 g/mol. The molecule has 2 N–H and O–H groups in total. The zero-order valence-electron chi connectivity index (χ0n) is 11.8. The summed E-state index contributed by atoms with van der Waals surface area (Å²) in [5.41, 5.74) is -0.122. The standard InChI is InChI=1S/C13H19N3O5/c1-10(9-17)3-2-6-14-8-11-4-5-12(15(18)19)7-13(11)16(20)21/h4-5,7,10,14,17H,2-3,6,8-9H2,1H3. The van der Waals surface area contributed by atoms with Gasteiger partial charge in [-0.25, -0.2) is 0 Å². The Labute approximate surface area is 122 Å². The van der Waals surface area contributed by atoms with Crippen molar-refractivity contribution >= 4 is 11.4 Å². The van der Waals surface area contributed by atoms with E-state index in [1.54, 1.807) is 0 Å². The predicted molar refractivity (Wildman–Crippen MR) is 76.9 cm³/mol. The van der Waals surface area contributed by atoms with E-state index >= 15 is 0 Å². The van der Waals surface area contributed by atoms with E-state index in [9.17, 15) is 20.2 Å². The zero-order chi connectivity index (χ0) is 15.8. The summed E-state index contributed by atoms with van der Waals surface area (Å²) in [5, 5.41) is 33.5. The van der Waals surface area contributed by atoms with Gasteiger partial charge in [0.15, 0.2) is 0 Å². The number of hydrogen-bond acceptors (Lipinski definition) is 6. The summed E-state index contributed by atoms with van der Waals surface area (Å²) in [7, 11) is 0. The normalized spacial score (nSPS) is 12.1. The van der Waals surface area contributed by atoms with Crippen molar-refractivity contribution in [2.75, 3.05) is 13.2 Å². The van der Waals surface area contributed by atoms with Crippen molar-refractivity contribution in [3.8, 4) is 0 Å². The Morgan fingerprint density at radius 1 is 1.29 bits per heavy atom. The Morgan fingerprint density at radius 2 is 2.00 bits per heavy atom. The lowest BCUT2D eigenvalue weighted by atomic mass is 10.1. The first-order valence-electron chi connectivity index (χ1n) is 6.69. The average molecular weight is 297 g/mol. The molecule has 0 radical (unpaired) electrons. The molecule has 0 amide bonds. The van der Waals surface area contributed by atoms with Gasteiger partial charge in [-0.2, -0.15) is 0 Å². The van der Waals surface area contributed by atoms with Gasteiger partial charge in [0, 0.05) is 24.8 Å². The van der Waals surface area contributed by atoms with Crippen LogP contribution in [0.15, 0.2) is 18.2 Å². The number of nitrogens with one attached hydrogen (secondary N) is 1. The fourth-order valence-corrected chi connectivity index (χ4v) is 1.88. The minimum Gasteiger partial charge on any atom is -0.396 e. The zero-order valence-corrected chi connectivity index (χ0v) is 11.8. The van der Waals surface area contributed by atoms with Crippen molar-refractivity contribution in [2.24, 2.45) is 5.92 Å². The van der Waals surface area contributed by atoms with Crippen LogP contribution in [0.4, 0.5) is 11.4 Å². The fourth-order valence-electron chi connectivity index (χ4n) is 1.88. The molecule has 21 heavy (non-hydrogen) atoms. The van der Waals surface area contributed by atoms with Crippen LogP contribution in [0.2, 0.25) is 0 Å². The van der Waals surface area contributed by atoms with Crippen molar-refractivity contribution < 1.29 is 15.0 Å². The van der Waals surface area contributed by atoms with Gasteiger partial charge in [-0.1, -0.05) is 6.92 Å². The van der Waals surface area contributed by atoms with Crippen LogP contribution in [-0.2, 0) is 6.54 Å². The van der Waals surface area contributed by atoms with Crippen molar-refractivity contribution in [1.82, 2.24) is 5.32 Å². The SMILES string of the molecule is CC(CO)CCCNCc1ccc([N+](=O)[O-])cc1[N+](=O)[O-]. The smallest absolute Gasteiger partial charge is 0.280 e. The highest BCUT2D eigenvalue weighted by molar-refractivity contribution is 5.49. The Kier molecular flexibility index (Phi) is 6.70. The molecule has 8 nitrogen and oxygen atoms in total. The molecule has 0 bridgehead atoms. The lowest BCUT2D eigenvalue weighted by Crippen LogP contribution is -2.17. The summed E-state index contributed by atoms with van der Waals surface area (Å²) in [6.45, 7) is 3.04. The second kappa shape index (κ2) is 8.28. The van der Waals surface area contributed by atoms with Crippen molar-refractivity contribution in [2.45, 2.75) is 26.3 Å². The summed E-state index contributed by atoms with van der Waals surface area (Å²) in [6.07, 6.45) is 1.72. The van der Waals surface area contributed by atoms with Gasteiger partial charge >= 0.3 is 0 Å². The van der Waals surface area contributed by atoms with Crippen molar-refractivity contribution in [3.63, 3.8) is 0 Å². The van der Waals surface area contributed by atoms with Crippen LogP contribution in [0.5, 0.6) is 0 Å². The number of non-ortho nitro benzene ring substituents is 1. The molecule has 0 aliphatic heterocycles. The van der Waals surface area contributed by atoms with Gasteiger partial charge in [0.2, 0.25) is 0 Å². The van der Waals surface area contributed by atoms with Gasteiger partial charge in [-0.15, -0.1) is 0 Å². The van der Waals surface area contributed by atoms with Gasteiger partial charge in [0.1, 0.15) is 0 Å². The molecule has 1 unspecified atom stereocenters. The molecule has 0 saturated carbocycles. The largest absolute Gasteiger partial charge is 0.396 e. The number of aliphatic hydroxyl groups excluding tert-OH is 1. The Morgan fingerprint density at radius 3 is 2.57 bits per heavy atom. The van der Waals surface area contributed by atoms with Gasteiger partial charge < -0.3 is 10.4 Å². The van der Waals surface area contributed by atoms with Crippen LogP contribution < -0.4 is 5.32 Å². The van der Waals surface area contributed by atoms with Crippen LogP contribution in [0, 0.1) is 26.1 Å². The summed E-state index contributed by atoms with van der Waals surface area (Å²) < 4.78 is 0. The summed E-state index contributed by atoms with van der Waals surface area (Å²) in [4.78, 5) is 20.3. The summed E-state index contributed by atoms with van der Waals surface area (Å²) in [5.74, 6) is 0.237. The van der Waals surface area contributed by atoms with Crippen LogP contribution in [0.25, 0.3) is 0 Å². The minimum atomic E-state index is -0.652. The predicted octanol–water partition coefficient (Wildman–Crippen LogP) is 2.00. The molecule has 0 aliphatic rings. The topological polar surface area (TPSA) is 119 Å². The Hall–Kier alpha value is -2.06. The van der Waals surface area contributed by atoms with Crippen LogP contribution >= 0.6 is 0 Å². The highest BCUT2D eigenvalue weighted by atomic mass is 16.6. The highest BCUT2D eigenvalue weighted by Gasteiger charge is 2.18. The van der Waals surface area contributed by atoms with E-state index in [2.05, 4.69) is 5.32 Å². The molecule has 0 saturated heterocycles. The average Bonchev–Trinajstić information content (AvgIpc) is 2.46. The first kappa shape index (κ1) is 17.0. The molecule has 116 valence electrons. The van der Waals surface area contributed by atoms with Gasteiger partial charge in [0.05, 0.1) is 15.9 Å². The maximum Gasteiger partial charge on any atom is 0.280 e. The second-order valence-electron chi connectivity index (χ2n) is 4.93. The van der Waals surface area contributed by atoms with Crippen molar-refractivity contribution in [3.05, 3.63) is 44.0 Å². The van der Waals surface area contributed by atoms with E-state index in [0.29, 0.717) is 12.1 Å². The van der Waals surface area contributed by atoms with Gasteiger partial charge in [-0.3, -0.25) is 20.2 Å². The van der Waals surface area contributed by atoms with E-state index < -0.39 is 9.85 Å². The molecule has 0 heterocycles. The van der Waals surface area contributed by atoms with Gasteiger partial charge in [-0.05, 0) is 31.4 Å². The molecule has 1 atom stereocenters. The molecule has 1 aromatic carbocycles. The minimum absolute atomic E-state index is 0.147. The van der Waals surface area contributed by atoms with E-state index in [4.69, 9.17) is 5.11 Å². The molecule has 0 spiro atoms. The molecule has 8 heteroatoms. The van der Waals surface area contributed by atoms with Crippen molar-refractivity contribution in [1.29, 1.82) is 0 Å². The van der Waals surface area contributed by atoms with Crippen LogP contribution in [-0.4, -0.2) is 28.1 Å². The molecule has 0 aromatic heterocycles. The number of nitrogens with zero attached hydrogens (tertiary/aromatic N) is 2. The quantitative estimate of drug-likeness (QED) is 0.409. The number of hydrogen-bond donors (Lipinski definition) is 2. The number of rotatable bonds is 9. The number of aliphatic hydroxyl groups is 1. The summed E-state index contributed by atoms with van der Waals surface area (Å²) >= 11 is 0. The summed E-state index contributed by atoms with van der Waals surface area (Å²) in [6, 6.07) is 3.64. The molecule has 1 rings (SSSR count). The second-order valence-corrected chi connectivity index (χ2v) is 4.93. The number of benzene rings is 1. The molecular formula is C13H19N3O5. The van der Waals surface area contributed by atoms with E-state index in [1.807, 2.05) is 6.92 Å². The Bertz CT molecular complexity index is 507. The van der Waals surface area contributed by atoms with E-state index in [1.165, 1.54) is 12.1 Å². The number of nitro benzene ring substituents is 2.